The van der Waals surface area contributed by atoms with Crippen molar-refractivity contribution in [1.29, 1.82) is 0 Å². The summed E-state index contributed by atoms with van der Waals surface area (Å²) in [6, 6.07) is 7.41. The Labute approximate surface area is 103 Å². The van der Waals surface area contributed by atoms with E-state index in [0.29, 0.717) is 18.0 Å². The Kier molecular flexibility index (Phi) is 3.51. The number of rotatable bonds is 3. The molecule has 1 aromatic carbocycles. The van der Waals surface area contributed by atoms with E-state index in [1.165, 1.54) is 0 Å². The Balaban J connectivity index is 2.29. The number of benzene rings is 1. The number of nitrogens with one attached hydrogen (secondary N) is 1. The van der Waals surface area contributed by atoms with E-state index < -0.39 is 10.0 Å². The van der Waals surface area contributed by atoms with Crippen LogP contribution >= 0.6 is 0 Å². The van der Waals surface area contributed by atoms with Gasteiger partial charge in [0.15, 0.2) is 0 Å². The standard InChI is InChI=1S/C12H18N2O2S/c1-10-5-3-4-6-12(10)17(15,16)14-8-7-11(9-14)13-2/h3-6,11,13H,7-9H2,1-2H3. The van der Waals surface area contributed by atoms with Gasteiger partial charge in [0.25, 0.3) is 0 Å². The normalized spacial score (nSPS) is 21.9. The second kappa shape index (κ2) is 4.76. The molecule has 2 rings (SSSR count). The van der Waals surface area contributed by atoms with Gasteiger partial charge < -0.3 is 5.32 Å². The molecule has 0 spiro atoms. The molecule has 0 aromatic heterocycles. The fraction of sp³-hybridized carbons (Fsp3) is 0.500. The lowest BCUT2D eigenvalue weighted by Crippen LogP contribution is -2.33. The number of aryl methyl sites for hydroxylation is 1. The Hall–Kier alpha value is -0.910. The van der Waals surface area contributed by atoms with Gasteiger partial charge in [0, 0.05) is 19.1 Å². The van der Waals surface area contributed by atoms with Crippen molar-refractivity contribution in [3.8, 4) is 0 Å². The summed E-state index contributed by atoms with van der Waals surface area (Å²) in [6.45, 7) is 2.99. The molecule has 0 saturated carbocycles. The van der Waals surface area contributed by atoms with Crippen LogP contribution in [0, 0.1) is 6.92 Å². The van der Waals surface area contributed by atoms with Crippen molar-refractivity contribution in [1.82, 2.24) is 9.62 Å². The molecule has 1 aliphatic rings. The molecule has 1 unspecified atom stereocenters. The molecular formula is C12H18N2O2S. The van der Waals surface area contributed by atoms with Crippen LogP contribution in [0.25, 0.3) is 0 Å². The van der Waals surface area contributed by atoms with Gasteiger partial charge in [-0.3, -0.25) is 0 Å². The first kappa shape index (κ1) is 12.5. The van der Waals surface area contributed by atoms with Gasteiger partial charge >= 0.3 is 0 Å². The predicted octanol–water partition coefficient (Wildman–Crippen LogP) is 0.977. The first-order chi connectivity index (χ1) is 8.05. The zero-order valence-electron chi connectivity index (χ0n) is 10.2. The Morgan fingerprint density at radius 1 is 1.35 bits per heavy atom. The van der Waals surface area contributed by atoms with Gasteiger partial charge in [0.05, 0.1) is 4.90 Å². The number of nitrogens with zero attached hydrogens (tertiary/aromatic N) is 1. The van der Waals surface area contributed by atoms with Crippen LogP contribution in [0.1, 0.15) is 12.0 Å². The molecule has 94 valence electrons. The van der Waals surface area contributed by atoms with E-state index in [9.17, 15) is 8.42 Å². The molecule has 1 heterocycles. The highest BCUT2D eigenvalue weighted by Gasteiger charge is 2.32. The third kappa shape index (κ3) is 2.36. The van der Waals surface area contributed by atoms with Gasteiger partial charge in [0.1, 0.15) is 0 Å². The minimum Gasteiger partial charge on any atom is -0.316 e. The highest BCUT2D eigenvalue weighted by Crippen LogP contribution is 2.23. The van der Waals surface area contributed by atoms with E-state index >= 15 is 0 Å². The summed E-state index contributed by atoms with van der Waals surface area (Å²) < 4.78 is 26.4. The van der Waals surface area contributed by atoms with E-state index in [1.54, 1.807) is 16.4 Å². The molecule has 1 aromatic rings. The third-order valence-electron chi connectivity index (χ3n) is 3.27. The van der Waals surface area contributed by atoms with Crippen LogP contribution in [0.3, 0.4) is 0 Å². The van der Waals surface area contributed by atoms with Crippen molar-refractivity contribution in [2.24, 2.45) is 0 Å². The second-order valence-corrected chi connectivity index (χ2v) is 6.31. The van der Waals surface area contributed by atoms with Gasteiger partial charge in [-0.15, -0.1) is 0 Å². The van der Waals surface area contributed by atoms with Gasteiger partial charge in [-0.2, -0.15) is 4.31 Å². The highest BCUT2D eigenvalue weighted by molar-refractivity contribution is 7.89. The zero-order chi connectivity index (χ0) is 12.5. The van der Waals surface area contributed by atoms with Crippen molar-refractivity contribution >= 4 is 10.0 Å². The number of sulfonamides is 1. The van der Waals surface area contributed by atoms with E-state index in [0.717, 1.165) is 12.0 Å². The van der Waals surface area contributed by atoms with Crippen LogP contribution < -0.4 is 5.32 Å². The Bertz CT molecular complexity index is 499. The summed E-state index contributed by atoms with van der Waals surface area (Å²) in [5.74, 6) is 0. The monoisotopic (exact) mass is 254 g/mol. The third-order valence-corrected chi connectivity index (χ3v) is 5.30. The van der Waals surface area contributed by atoms with Gasteiger partial charge in [-0.25, -0.2) is 8.42 Å². The van der Waals surface area contributed by atoms with Crippen molar-refractivity contribution in [2.45, 2.75) is 24.3 Å². The smallest absolute Gasteiger partial charge is 0.243 e. The van der Waals surface area contributed by atoms with Gasteiger partial charge in [-0.05, 0) is 32.0 Å². The summed E-state index contributed by atoms with van der Waals surface area (Å²) in [5, 5.41) is 3.13. The molecule has 0 amide bonds. The second-order valence-electron chi connectivity index (χ2n) is 4.40. The van der Waals surface area contributed by atoms with Crippen molar-refractivity contribution < 1.29 is 8.42 Å². The van der Waals surface area contributed by atoms with Gasteiger partial charge in [-0.1, -0.05) is 18.2 Å². The van der Waals surface area contributed by atoms with Crippen LogP contribution in [0.4, 0.5) is 0 Å². The minimum absolute atomic E-state index is 0.272. The molecule has 4 nitrogen and oxygen atoms in total. The van der Waals surface area contributed by atoms with Crippen molar-refractivity contribution in [2.75, 3.05) is 20.1 Å². The van der Waals surface area contributed by atoms with Crippen LogP contribution in [-0.4, -0.2) is 38.9 Å². The topological polar surface area (TPSA) is 49.4 Å². The molecule has 0 aliphatic carbocycles. The molecule has 1 saturated heterocycles. The Morgan fingerprint density at radius 2 is 2.06 bits per heavy atom. The molecule has 17 heavy (non-hydrogen) atoms. The minimum atomic E-state index is -3.32. The predicted molar refractivity (Wildman–Crippen MR) is 67.4 cm³/mol. The lowest BCUT2D eigenvalue weighted by Gasteiger charge is -2.17. The van der Waals surface area contributed by atoms with Crippen LogP contribution in [-0.2, 0) is 10.0 Å². The molecule has 1 atom stereocenters. The largest absolute Gasteiger partial charge is 0.316 e. The van der Waals surface area contributed by atoms with Crippen molar-refractivity contribution in [3.63, 3.8) is 0 Å². The first-order valence-electron chi connectivity index (χ1n) is 5.79. The average molecular weight is 254 g/mol. The quantitative estimate of drug-likeness (QED) is 0.874. The average Bonchev–Trinajstić information content (AvgIpc) is 2.78. The zero-order valence-corrected chi connectivity index (χ0v) is 11.0. The van der Waals surface area contributed by atoms with E-state index in [4.69, 9.17) is 0 Å². The lowest BCUT2D eigenvalue weighted by molar-refractivity contribution is 0.464. The van der Waals surface area contributed by atoms with Crippen LogP contribution in [0.15, 0.2) is 29.2 Å². The first-order valence-corrected chi connectivity index (χ1v) is 7.23. The maximum absolute atomic E-state index is 12.4. The summed E-state index contributed by atoms with van der Waals surface area (Å²) >= 11 is 0. The molecule has 1 fully saturated rings. The lowest BCUT2D eigenvalue weighted by atomic mass is 10.2. The number of likely N-dealkylation sites (N-methyl/N-ethyl adjacent to an activating group) is 1. The molecule has 0 radical (unpaired) electrons. The Morgan fingerprint density at radius 3 is 2.65 bits per heavy atom. The summed E-state index contributed by atoms with van der Waals surface area (Å²) in [5.41, 5.74) is 0.806. The highest BCUT2D eigenvalue weighted by atomic mass is 32.2. The van der Waals surface area contributed by atoms with Crippen LogP contribution in [0.5, 0.6) is 0 Å². The van der Waals surface area contributed by atoms with Gasteiger partial charge in [0.2, 0.25) is 10.0 Å². The van der Waals surface area contributed by atoms with E-state index in [2.05, 4.69) is 5.32 Å². The SMILES string of the molecule is CNC1CCN(S(=O)(=O)c2ccccc2C)C1. The number of hydrogen-bond donors (Lipinski definition) is 1. The fourth-order valence-electron chi connectivity index (χ4n) is 2.17. The molecule has 1 aliphatic heterocycles. The van der Waals surface area contributed by atoms with Crippen molar-refractivity contribution in [3.05, 3.63) is 29.8 Å². The van der Waals surface area contributed by atoms with E-state index in [-0.39, 0.29) is 6.04 Å². The summed E-state index contributed by atoms with van der Waals surface area (Å²) in [4.78, 5) is 0.428. The van der Waals surface area contributed by atoms with E-state index in [1.807, 2.05) is 26.1 Å². The molecule has 1 N–H and O–H groups in total. The molecule has 0 bridgehead atoms. The molecular weight excluding hydrogens is 236 g/mol. The molecule has 5 heteroatoms. The number of hydrogen-bond acceptors (Lipinski definition) is 3. The fourth-order valence-corrected chi connectivity index (χ4v) is 3.89. The summed E-state index contributed by atoms with van der Waals surface area (Å²) in [7, 11) is -1.45. The maximum Gasteiger partial charge on any atom is 0.243 e. The van der Waals surface area contributed by atoms with Crippen LogP contribution in [0.2, 0.25) is 0 Å². The summed E-state index contributed by atoms with van der Waals surface area (Å²) in [6.07, 6.45) is 0.877. The maximum atomic E-state index is 12.4.